The lowest BCUT2D eigenvalue weighted by atomic mass is 9.98. The van der Waals surface area contributed by atoms with E-state index in [1.165, 1.54) is 24.9 Å². The Kier molecular flexibility index (Phi) is 5.75. The highest BCUT2D eigenvalue weighted by atomic mass is 35.5. The fourth-order valence-electron chi connectivity index (χ4n) is 4.77. The van der Waals surface area contributed by atoms with Gasteiger partial charge in [0.15, 0.2) is 0 Å². The third-order valence-electron chi connectivity index (χ3n) is 6.26. The molecule has 0 bridgehead atoms. The summed E-state index contributed by atoms with van der Waals surface area (Å²) in [5, 5.41) is 2.61. The number of rotatable bonds is 4. The normalized spacial score (nSPS) is 17.3. The molecule has 1 atom stereocenters. The minimum absolute atomic E-state index is 0.653. The Hall–Kier alpha value is -2.33. The molecule has 1 unspecified atom stereocenters. The number of pyridine rings is 1. The Bertz CT molecular complexity index is 1210. The van der Waals surface area contributed by atoms with Crippen molar-refractivity contribution in [3.63, 3.8) is 0 Å². The molecule has 0 spiro atoms. The van der Waals surface area contributed by atoms with E-state index in [9.17, 15) is 0 Å². The van der Waals surface area contributed by atoms with Gasteiger partial charge in [-0.1, -0.05) is 41.4 Å². The van der Waals surface area contributed by atoms with E-state index in [0.717, 1.165) is 50.8 Å². The maximum Gasteiger partial charge on any atom is 0.0506 e. The Morgan fingerprint density at radius 2 is 1.81 bits per heavy atom. The van der Waals surface area contributed by atoms with Crippen LogP contribution in [-0.2, 0) is 6.54 Å². The molecular formula is C26H25Cl2N3. The second-order valence-corrected chi connectivity index (χ2v) is 9.41. The summed E-state index contributed by atoms with van der Waals surface area (Å²) in [7, 11) is 2.22. The topological polar surface area (TPSA) is 21.1 Å². The summed E-state index contributed by atoms with van der Waals surface area (Å²) in [5.74, 6) is 0.653. The molecule has 1 aliphatic rings. The molecule has 1 saturated heterocycles. The highest BCUT2D eigenvalue weighted by Crippen LogP contribution is 2.37. The molecule has 0 radical (unpaired) electrons. The lowest BCUT2D eigenvalue weighted by molar-refractivity contribution is 0.196. The minimum atomic E-state index is 0.653. The van der Waals surface area contributed by atoms with Crippen molar-refractivity contribution >= 4 is 34.1 Å². The molecular weight excluding hydrogens is 425 g/mol. The summed E-state index contributed by atoms with van der Waals surface area (Å²) in [6.45, 7) is 3.35. The molecule has 4 aromatic rings. The molecule has 3 heterocycles. The van der Waals surface area contributed by atoms with Gasteiger partial charge in [0.05, 0.1) is 10.5 Å². The van der Waals surface area contributed by atoms with Crippen molar-refractivity contribution < 1.29 is 0 Å². The monoisotopic (exact) mass is 449 g/mol. The lowest BCUT2D eigenvalue weighted by Gasteiger charge is -2.30. The van der Waals surface area contributed by atoms with Crippen molar-refractivity contribution in [2.45, 2.75) is 19.4 Å². The molecule has 1 fully saturated rings. The van der Waals surface area contributed by atoms with E-state index >= 15 is 0 Å². The molecule has 5 rings (SSSR count). The lowest BCUT2D eigenvalue weighted by Crippen LogP contribution is -2.33. The zero-order valence-corrected chi connectivity index (χ0v) is 19.1. The maximum atomic E-state index is 6.71. The third-order valence-corrected chi connectivity index (χ3v) is 6.83. The Labute approximate surface area is 193 Å². The summed E-state index contributed by atoms with van der Waals surface area (Å²) >= 11 is 12.8. The summed E-state index contributed by atoms with van der Waals surface area (Å²) in [5.41, 5.74) is 5.56. The van der Waals surface area contributed by atoms with Crippen LogP contribution in [0.25, 0.3) is 33.2 Å². The number of fused-ring (bicyclic) bond motifs is 1. The van der Waals surface area contributed by atoms with E-state index in [0.29, 0.717) is 5.92 Å². The van der Waals surface area contributed by atoms with E-state index in [1.807, 2.05) is 48.8 Å². The Morgan fingerprint density at radius 3 is 2.61 bits per heavy atom. The van der Waals surface area contributed by atoms with Crippen molar-refractivity contribution in [2.75, 3.05) is 20.1 Å². The van der Waals surface area contributed by atoms with Gasteiger partial charge < -0.3 is 9.47 Å². The number of halogens is 2. The quantitative estimate of drug-likeness (QED) is 0.333. The van der Waals surface area contributed by atoms with Crippen LogP contribution in [0.4, 0.5) is 0 Å². The molecule has 2 aromatic heterocycles. The SMILES string of the molecule is CN1CCCC(Cn2cc(-c3cncc(-c4ccc(Cl)cc4)c3)c3c(Cl)cccc32)C1. The number of hydrogen-bond donors (Lipinski definition) is 0. The van der Waals surface area contributed by atoms with Crippen LogP contribution in [0.3, 0.4) is 0 Å². The van der Waals surface area contributed by atoms with E-state index in [-0.39, 0.29) is 0 Å². The standard InChI is InChI=1S/C26H25Cl2N3/c1-30-11-3-4-18(15-30)16-31-17-23(26-24(28)5-2-6-25(26)31)21-12-20(13-29-14-21)19-7-9-22(27)10-8-19/h2,5-10,12-14,17-18H,3-4,11,15-16H2,1H3. The first-order valence-corrected chi connectivity index (χ1v) is 11.5. The van der Waals surface area contributed by atoms with Gasteiger partial charge in [-0.2, -0.15) is 0 Å². The number of likely N-dealkylation sites (tertiary alicyclic amines) is 1. The number of piperidine rings is 1. The van der Waals surface area contributed by atoms with Gasteiger partial charge in [0.1, 0.15) is 0 Å². The smallest absolute Gasteiger partial charge is 0.0506 e. The first-order valence-electron chi connectivity index (χ1n) is 10.8. The van der Waals surface area contributed by atoms with Gasteiger partial charge in [-0.15, -0.1) is 0 Å². The van der Waals surface area contributed by atoms with Gasteiger partial charge in [-0.25, -0.2) is 0 Å². The summed E-state index contributed by atoms with van der Waals surface area (Å²) in [6.07, 6.45) is 8.62. The largest absolute Gasteiger partial charge is 0.346 e. The van der Waals surface area contributed by atoms with Crippen molar-refractivity contribution in [3.8, 4) is 22.3 Å². The molecule has 0 aliphatic carbocycles. The van der Waals surface area contributed by atoms with Crippen molar-refractivity contribution in [2.24, 2.45) is 5.92 Å². The summed E-state index contributed by atoms with van der Waals surface area (Å²) in [6, 6.07) is 16.3. The predicted molar refractivity (Wildman–Crippen MR) is 131 cm³/mol. The first-order chi connectivity index (χ1) is 15.1. The zero-order chi connectivity index (χ0) is 21.4. The van der Waals surface area contributed by atoms with Gasteiger partial charge in [0.2, 0.25) is 0 Å². The van der Waals surface area contributed by atoms with Crippen LogP contribution in [0.1, 0.15) is 12.8 Å². The molecule has 158 valence electrons. The van der Waals surface area contributed by atoms with Crippen molar-refractivity contribution in [1.29, 1.82) is 0 Å². The van der Waals surface area contributed by atoms with Gasteiger partial charge in [-0.3, -0.25) is 4.98 Å². The molecule has 0 saturated carbocycles. The van der Waals surface area contributed by atoms with Crippen LogP contribution < -0.4 is 0 Å². The van der Waals surface area contributed by atoms with Gasteiger partial charge in [0.25, 0.3) is 0 Å². The van der Waals surface area contributed by atoms with Gasteiger partial charge in [0, 0.05) is 58.8 Å². The summed E-state index contributed by atoms with van der Waals surface area (Å²) < 4.78 is 2.38. The van der Waals surface area contributed by atoms with Crippen LogP contribution in [0.5, 0.6) is 0 Å². The first kappa shape index (κ1) is 20.6. The number of hydrogen-bond acceptors (Lipinski definition) is 2. The molecule has 3 nitrogen and oxygen atoms in total. The second-order valence-electron chi connectivity index (χ2n) is 8.57. The summed E-state index contributed by atoms with van der Waals surface area (Å²) in [4.78, 5) is 6.98. The number of aromatic nitrogens is 2. The Balaban J connectivity index is 1.57. The van der Waals surface area contributed by atoms with Crippen LogP contribution in [0.2, 0.25) is 10.0 Å². The fraction of sp³-hybridized carbons (Fsp3) is 0.269. The molecule has 1 aliphatic heterocycles. The van der Waals surface area contributed by atoms with Crippen LogP contribution in [0.15, 0.2) is 67.1 Å². The predicted octanol–water partition coefficient (Wildman–Crippen LogP) is 7.02. The number of benzene rings is 2. The second kappa shape index (κ2) is 8.66. The molecule has 5 heteroatoms. The molecule has 0 N–H and O–H groups in total. The average molecular weight is 450 g/mol. The van der Waals surface area contributed by atoms with Crippen LogP contribution in [-0.4, -0.2) is 34.6 Å². The van der Waals surface area contributed by atoms with E-state index in [2.05, 4.69) is 39.8 Å². The van der Waals surface area contributed by atoms with Crippen LogP contribution in [0, 0.1) is 5.92 Å². The van der Waals surface area contributed by atoms with Crippen molar-refractivity contribution in [3.05, 3.63) is 77.2 Å². The maximum absolute atomic E-state index is 6.71. The fourth-order valence-corrected chi connectivity index (χ4v) is 5.16. The van der Waals surface area contributed by atoms with E-state index in [4.69, 9.17) is 23.2 Å². The van der Waals surface area contributed by atoms with E-state index in [1.54, 1.807) is 0 Å². The van der Waals surface area contributed by atoms with Crippen molar-refractivity contribution in [1.82, 2.24) is 14.5 Å². The number of nitrogens with zero attached hydrogens (tertiary/aromatic N) is 3. The molecule has 2 aromatic carbocycles. The van der Waals surface area contributed by atoms with Gasteiger partial charge in [-0.05, 0) is 68.2 Å². The van der Waals surface area contributed by atoms with E-state index < -0.39 is 0 Å². The van der Waals surface area contributed by atoms with Crippen LogP contribution >= 0.6 is 23.2 Å². The minimum Gasteiger partial charge on any atom is -0.346 e. The zero-order valence-electron chi connectivity index (χ0n) is 17.6. The highest BCUT2D eigenvalue weighted by Gasteiger charge is 2.20. The molecule has 31 heavy (non-hydrogen) atoms. The average Bonchev–Trinajstić information content (AvgIpc) is 3.14. The Morgan fingerprint density at radius 1 is 1.00 bits per heavy atom. The third kappa shape index (κ3) is 4.23. The molecule has 0 amide bonds. The van der Waals surface area contributed by atoms with Gasteiger partial charge >= 0.3 is 0 Å². The highest BCUT2D eigenvalue weighted by molar-refractivity contribution is 6.36.